The van der Waals surface area contributed by atoms with E-state index in [-0.39, 0.29) is 23.8 Å². The van der Waals surface area contributed by atoms with Crippen molar-refractivity contribution in [2.75, 3.05) is 56.2 Å². The average molecular weight is 490 g/mol. The van der Waals surface area contributed by atoms with Gasteiger partial charge >= 0.3 is 0 Å². The molecule has 9 heteroatoms. The topological polar surface area (TPSA) is 88.2 Å². The highest BCUT2D eigenvalue weighted by molar-refractivity contribution is 7.89. The SMILES string of the molecule is CCN(CC)S(=O)(=O)c1ccc(N2CCOCC2)c(NC(=O)CCOc2cc(C)ccc2C)c1. The van der Waals surface area contributed by atoms with Crippen LogP contribution in [0.3, 0.4) is 0 Å². The largest absolute Gasteiger partial charge is 0.493 e. The van der Waals surface area contributed by atoms with Crippen molar-refractivity contribution in [2.45, 2.75) is 39.0 Å². The van der Waals surface area contributed by atoms with Gasteiger partial charge in [0.1, 0.15) is 5.75 Å². The Kier molecular flexibility index (Phi) is 8.93. The molecule has 2 aromatic rings. The number of nitrogens with zero attached hydrogens (tertiary/aromatic N) is 2. The third-order valence-corrected chi connectivity index (χ3v) is 7.91. The summed E-state index contributed by atoms with van der Waals surface area (Å²) in [6.45, 7) is 11.0. The predicted molar refractivity (Wildman–Crippen MR) is 134 cm³/mol. The summed E-state index contributed by atoms with van der Waals surface area (Å²) >= 11 is 0. The van der Waals surface area contributed by atoms with Gasteiger partial charge in [-0.25, -0.2) is 8.42 Å². The highest BCUT2D eigenvalue weighted by Crippen LogP contribution is 2.31. The van der Waals surface area contributed by atoms with Crippen LogP contribution in [-0.4, -0.2) is 64.6 Å². The zero-order valence-electron chi connectivity index (χ0n) is 20.5. The van der Waals surface area contributed by atoms with E-state index in [0.29, 0.717) is 45.1 Å². The smallest absolute Gasteiger partial charge is 0.243 e. The zero-order valence-corrected chi connectivity index (χ0v) is 21.3. The highest BCUT2D eigenvalue weighted by atomic mass is 32.2. The van der Waals surface area contributed by atoms with Gasteiger partial charge in [0.25, 0.3) is 0 Å². The van der Waals surface area contributed by atoms with Crippen LogP contribution < -0.4 is 15.0 Å². The number of sulfonamides is 1. The first-order valence-corrected chi connectivity index (χ1v) is 13.2. The normalized spacial score (nSPS) is 14.3. The molecule has 0 saturated carbocycles. The fraction of sp³-hybridized carbons (Fsp3) is 0.480. The first-order chi connectivity index (χ1) is 16.3. The van der Waals surface area contributed by atoms with Crippen molar-refractivity contribution in [1.82, 2.24) is 4.31 Å². The Bertz CT molecular complexity index is 1090. The lowest BCUT2D eigenvalue weighted by atomic mass is 10.1. The van der Waals surface area contributed by atoms with Gasteiger partial charge in [0.05, 0.1) is 42.5 Å². The van der Waals surface area contributed by atoms with E-state index in [1.807, 2.05) is 45.9 Å². The van der Waals surface area contributed by atoms with E-state index >= 15 is 0 Å². The molecule has 34 heavy (non-hydrogen) atoms. The van der Waals surface area contributed by atoms with Crippen LogP contribution >= 0.6 is 0 Å². The molecule has 1 N–H and O–H groups in total. The van der Waals surface area contributed by atoms with Gasteiger partial charge in [0, 0.05) is 26.2 Å². The molecular weight excluding hydrogens is 454 g/mol. The van der Waals surface area contributed by atoms with Crippen molar-refractivity contribution < 1.29 is 22.7 Å². The Morgan fingerprint density at radius 2 is 1.79 bits per heavy atom. The van der Waals surface area contributed by atoms with Crippen LogP contribution in [0.25, 0.3) is 0 Å². The maximum absolute atomic E-state index is 13.1. The molecule has 1 saturated heterocycles. The second-order valence-corrected chi connectivity index (χ2v) is 10.2. The zero-order chi connectivity index (χ0) is 24.7. The number of morpholine rings is 1. The van der Waals surface area contributed by atoms with Gasteiger partial charge in [-0.05, 0) is 49.2 Å². The van der Waals surface area contributed by atoms with Crippen molar-refractivity contribution >= 4 is 27.3 Å². The number of benzene rings is 2. The number of carbonyl (C=O) groups is 1. The Labute approximate surface area is 202 Å². The molecule has 3 rings (SSSR count). The van der Waals surface area contributed by atoms with Crippen LogP contribution in [0.5, 0.6) is 5.75 Å². The summed E-state index contributed by atoms with van der Waals surface area (Å²) in [7, 11) is -3.65. The second kappa shape index (κ2) is 11.7. The summed E-state index contributed by atoms with van der Waals surface area (Å²) in [5.74, 6) is 0.520. The third kappa shape index (κ3) is 6.28. The Morgan fingerprint density at radius 3 is 2.47 bits per heavy atom. The van der Waals surface area contributed by atoms with Crippen LogP contribution in [-0.2, 0) is 19.6 Å². The number of aryl methyl sites for hydroxylation is 2. The minimum atomic E-state index is -3.65. The van der Waals surface area contributed by atoms with E-state index < -0.39 is 10.0 Å². The molecular formula is C25H35N3O5S. The highest BCUT2D eigenvalue weighted by Gasteiger charge is 2.24. The van der Waals surface area contributed by atoms with Crippen LogP contribution in [0.4, 0.5) is 11.4 Å². The van der Waals surface area contributed by atoms with E-state index in [9.17, 15) is 13.2 Å². The number of hydrogen-bond donors (Lipinski definition) is 1. The summed E-state index contributed by atoms with van der Waals surface area (Å²) in [6.07, 6.45) is 0.142. The van der Waals surface area contributed by atoms with Gasteiger partial charge in [0.15, 0.2) is 0 Å². The number of amides is 1. The van der Waals surface area contributed by atoms with E-state index in [1.54, 1.807) is 18.2 Å². The van der Waals surface area contributed by atoms with E-state index in [0.717, 1.165) is 22.6 Å². The predicted octanol–water partition coefficient (Wildman–Crippen LogP) is 3.58. The van der Waals surface area contributed by atoms with Crippen molar-refractivity contribution in [3.8, 4) is 5.75 Å². The van der Waals surface area contributed by atoms with E-state index in [1.165, 1.54) is 4.31 Å². The van der Waals surface area contributed by atoms with Gasteiger partial charge in [-0.3, -0.25) is 4.79 Å². The van der Waals surface area contributed by atoms with Crippen molar-refractivity contribution in [2.24, 2.45) is 0 Å². The van der Waals surface area contributed by atoms with Crippen molar-refractivity contribution in [3.05, 3.63) is 47.5 Å². The second-order valence-electron chi connectivity index (χ2n) is 8.28. The Balaban J connectivity index is 1.79. The van der Waals surface area contributed by atoms with Gasteiger partial charge in [-0.2, -0.15) is 4.31 Å². The van der Waals surface area contributed by atoms with Gasteiger partial charge in [-0.15, -0.1) is 0 Å². The average Bonchev–Trinajstić information content (AvgIpc) is 2.82. The molecule has 1 heterocycles. The minimum Gasteiger partial charge on any atom is -0.493 e. The summed E-state index contributed by atoms with van der Waals surface area (Å²) < 4.78 is 38.8. The molecule has 1 fully saturated rings. The molecule has 0 spiro atoms. The molecule has 0 unspecified atom stereocenters. The molecule has 0 aromatic heterocycles. The third-order valence-electron chi connectivity index (χ3n) is 5.87. The molecule has 2 aromatic carbocycles. The molecule has 1 aliphatic rings. The molecule has 0 radical (unpaired) electrons. The number of anilines is 2. The summed E-state index contributed by atoms with van der Waals surface area (Å²) in [5, 5.41) is 2.92. The van der Waals surface area contributed by atoms with Gasteiger partial charge in [0.2, 0.25) is 15.9 Å². The van der Waals surface area contributed by atoms with Gasteiger partial charge in [-0.1, -0.05) is 26.0 Å². The lowest BCUT2D eigenvalue weighted by Crippen LogP contribution is -2.37. The quantitative estimate of drug-likeness (QED) is 0.549. The first kappa shape index (κ1) is 26.0. The number of carbonyl (C=O) groups excluding carboxylic acids is 1. The maximum atomic E-state index is 13.1. The fourth-order valence-electron chi connectivity index (χ4n) is 3.90. The Hall–Kier alpha value is -2.62. The lowest BCUT2D eigenvalue weighted by Gasteiger charge is -2.31. The summed E-state index contributed by atoms with van der Waals surface area (Å²) in [5.41, 5.74) is 3.36. The monoisotopic (exact) mass is 489 g/mol. The maximum Gasteiger partial charge on any atom is 0.243 e. The number of rotatable bonds is 10. The summed E-state index contributed by atoms with van der Waals surface area (Å²) in [6, 6.07) is 10.9. The number of nitrogens with one attached hydrogen (secondary N) is 1. The molecule has 0 bridgehead atoms. The molecule has 186 valence electrons. The van der Waals surface area contributed by atoms with Crippen LogP contribution in [0.1, 0.15) is 31.4 Å². The molecule has 1 aliphatic heterocycles. The van der Waals surface area contributed by atoms with Crippen LogP contribution in [0, 0.1) is 13.8 Å². The minimum absolute atomic E-state index is 0.142. The number of hydrogen-bond acceptors (Lipinski definition) is 6. The molecule has 0 aliphatic carbocycles. The Morgan fingerprint density at radius 1 is 1.09 bits per heavy atom. The number of ether oxygens (including phenoxy) is 2. The van der Waals surface area contributed by atoms with E-state index in [4.69, 9.17) is 9.47 Å². The molecule has 0 atom stereocenters. The van der Waals surface area contributed by atoms with E-state index in [2.05, 4.69) is 10.2 Å². The molecule has 8 nitrogen and oxygen atoms in total. The molecule has 1 amide bonds. The van der Waals surface area contributed by atoms with Crippen molar-refractivity contribution in [1.29, 1.82) is 0 Å². The lowest BCUT2D eigenvalue weighted by molar-refractivity contribution is -0.116. The van der Waals surface area contributed by atoms with Gasteiger partial charge < -0.3 is 19.7 Å². The van der Waals surface area contributed by atoms with Crippen molar-refractivity contribution in [3.63, 3.8) is 0 Å². The standard InChI is InChI=1S/C25H35N3O5S/c1-5-28(6-2)34(30,31)21-9-10-23(27-12-15-32-16-13-27)22(18-21)26-25(29)11-14-33-24-17-19(3)7-8-20(24)4/h7-10,17-18H,5-6,11-16H2,1-4H3,(H,26,29). The fourth-order valence-corrected chi connectivity index (χ4v) is 5.38. The first-order valence-electron chi connectivity index (χ1n) is 11.7. The van der Waals surface area contributed by atoms with Crippen LogP contribution in [0.2, 0.25) is 0 Å². The van der Waals surface area contributed by atoms with Crippen LogP contribution in [0.15, 0.2) is 41.3 Å². The summed E-state index contributed by atoms with van der Waals surface area (Å²) in [4.78, 5) is 15.1.